The number of carbonyl (C=O) groups is 2. The van der Waals surface area contributed by atoms with Gasteiger partial charge in [-0.25, -0.2) is 9.97 Å². The Morgan fingerprint density at radius 2 is 2.15 bits per heavy atom. The predicted octanol–water partition coefficient (Wildman–Crippen LogP) is 1.96. The van der Waals surface area contributed by atoms with Gasteiger partial charge in [0.25, 0.3) is 0 Å². The van der Waals surface area contributed by atoms with Gasteiger partial charge >= 0.3 is 0 Å². The number of Topliss-reactive ketones (excluding diaryl/α,β-unsaturated/α-hetero) is 1. The van der Waals surface area contributed by atoms with Crippen LogP contribution in [0.15, 0.2) is 17.6 Å². The second kappa shape index (κ2) is 7.01. The third-order valence-electron chi connectivity index (χ3n) is 5.34. The van der Waals surface area contributed by atoms with Crippen LogP contribution in [0.5, 0.6) is 0 Å². The molecule has 0 radical (unpaired) electrons. The number of fused-ring (bicyclic) bond motifs is 2. The Hall–Kier alpha value is -2.32. The van der Waals surface area contributed by atoms with Crippen LogP contribution in [0, 0.1) is 0 Å². The summed E-state index contributed by atoms with van der Waals surface area (Å²) in [6.07, 6.45) is 4.30. The van der Waals surface area contributed by atoms with Crippen LogP contribution in [0.2, 0.25) is 0 Å². The summed E-state index contributed by atoms with van der Waals surface area (Å²) in [7, 11) is 0. The van der Waals surface area contributed by atoms with Crippen LogP contribution in [0.1, 0.15) is 46.3 Å². The number of likely N-dealkylation sites (tertiary alicyclic amines) is 1. The van der Waals surface area contributed by atoms with Crippen molar-refractivity contribution in [3.05, 3.63) is 39.3 Å². The fourth-order valence-corrected chi connectivity index (χ4v) is 4.68. The molecule has 0 saturated carbocycles. The van der Waals surface area contributed by atoms with E-state index in [1.165, 1.54) is 11.3 Å². The number of nitrogens with zero attached hydrogens (tertiary/aromatic N) is 3. The van der Waals surface area contributed by atoms with Crippen LogP contribution in [0.4, 0.5) is 5.95 Å². The van der Waals surface area contributed by atoms with Crippen molar-refractivity contribution in [3.8, 4) is 0 Å². The van der Waals surface area contributed by atoms with Crippen molar-refractivity contribution in [2.24, 2.45) is 0 Å². The van der Waals surface area contributed by atoms with Gasteiger partial charge in [0, 0.05) is 19.3 Å². The zero-order valence-electron chi connectivity index (χ0n) is 15.2. The normalized spacial score (nSPS) is 18.3. The van der Waals surface area contributed by atoms with E-state index in [1.54, 1.807) is 13.1 Å². The molecule has 0 aromatic carbocycles. The number of piperidine rings is 1. The van der Waals surface area contributed by atoms with Gasteiger partial charge in [-0.15, -0.1) is 11.3 Å². The molecule has 2 N–H and O–H groups in total. The third kappa shape index (κ3) is 3.46. The average Bonchev–Trinajstić information content (AvgIpc) is 3.12. The second-order valence-electron chi connectivity index (χ2n) is 7.13. The number of ketones is 1. The fraction of sp³-hybridized carbons (Fsp3) is 0.474. The van der Waals surface area contributed by atoms with Crippen molar-refractivity contribution in [1.29, 1.82) is 0 Å². The molecule has 8 heteroatoms. The van der Waals surface area contributed by atoms with E-state index in [2.05, 4.69) is 9.97 Å². The topological polar surface area (TPSA) is 98.4 Å². The van der Waals surface area contributed by atoms with Crippen LogP contribution in [0.25, 0.3) is 0 Å². The number of hydrogen-bond acceptors (Lipinski definition) is 7. The highest BCUT2D eigenvalue weighted by Gasteiger charge is 2.43. The first-order valence-electron chi connectivity index (χ1n) is 9.09. The van der Waals surface area contributed by atoms with E-state index in [9.17, 15) is 9.59 Å². The summed E-state index contributed by atoms with van der Waals surface area (Å²) in [6, 6.07) is 1.82. The molecule has 0 unspecified atom stereocenters. The summed E-state index contributed by atoms with van der Waals surface area (Å²) in [4.78, 5) is 35.2. The van der Waals surface area contributed by atoms with Crippen molar-refractivity contribution in [1.82, 2.24) is 14.9 Å². The highest BCUT2D eigenvalue weighted by Crippen LogP contribution is 2.40. The quantitative estimate of drug-likeness (QED) is 0.810. The minimum atomic E-state index is -0.467. The smallest absolute Gasteiger partial charge is 0.227 e. The first-order valence-corrected chi connectivity index (χ1v) is 9.97. The van der Waals surface area contributed by atoms with Gasteiger partial charge in [-0.1, -0.05) is 0 Å². The van der Waals surface area contributed by atoms with Crippen molar-refractivity contribution in [2.75, 3.05) is 25.4 Å². The lowest BCUT2D eigenvalue weighted by atomic mass is 9.83. The number of aromatic nitrogens is 2. The van der Waals surface area contributed by atoms with Crippen molar-refractivity contribution >= 4 is 29.0 Å². The second-order valence-corrected chi connectivity index (χ2v) is 8.04. The Morgan fingerprint density at radius 1 is 1.37 bits per heavy atom. The number of amides is 1. The number of anilines is 1. The van der Waals surface area contributed by atoms with E-state index in [0.29, 0.717) is 43.8 Å². The van der Waals surface area contributed by atoms with Gasteiger partial charge in [0.2, 0.25) is 11.9 Å². The molecular weight excluding hydrogens is 364 g/mol. The van der Waals surface area contributed by atoms with Gasteiger partial charge in [0.15, 0.2) is 5.78 Å². The molecule has 27 heavy (non-hydrogen) atoms. The monoisotopic (exact) mass is 386 g/mol. The molecule has 4 heterocycles. The summed E-state index contributed by atoms with van der Waals surface area (Å²) in [5, 5.41) is 1.89. The van der Waals surface area contributed by atoms with E-state index in [-0.39, 0.29) is 17.6 Å². The molecule has 2 aliphatic heterocycles. The molecule has 1 spiro atoms. The van der Waals surface area contributed by atoms with E-state index in [4.69, 9.17) is 10.5 Å². The molecule has 142 valence electrons. The number of hydrogen-bond donors (Lipinski definition) is 1. The summed E-state index contributed by atoms with van der Waals surface area (Å²) in [6.45, 7) is 3.41. The van der Waals surface area contributed by atoms with Gasteiger partial charge in [0.1, 0.15) is 5.60 Å². The zero-order valence-corrected chi connectivity index (χ0v) is 16.1. The largest absolute Gasteiger partial charge is 0.368 e. The standard InChI is InChI=1S/C19H22N4O3S/c1-12(24)15-8-13(11-27-15)9-16(25)23-5-3-19(4-6-23)17-14(2-7-26-19)10-21-18(20)22-17/h8,10-11H,2-7,9H2,1H3,(H2,20,21,22). The summed E-state index contributed by atoms with van der Waals surface area (Å²) >= 11 is 1.39. The van der Waals surface area contributed by atoms with Crippen LogP contribution >= 0.6 is 11.3 Å². The highest BCUT2D eigenvalue weighted by molar-refractivity contribution is 7.12. The minimum Gasteiger partial charge on any atom is -0.368 e. The minimum absolute atomic E-state index is 0.0352. The Balaban J connectivity index is 1.44. The van der Waals surface area contributed by atoms with Gasteiger partial charge in [-0.05, 0) is 48.8 Å². The van der Waals surface area contributed by atoms with Gasteiger partial charge in [-0.3, -0.25) is 9.59 Å². The van der Waals surface area contributed by atoms with E-state index in [1.807, 2.05) is 16.3 Å². The first kappa shape index (κ1) is 18.1. The maximum absolute atomic E-state index is 12.7. The lowest BCUT2D eigenvalue weighted by Gasteiger charge is -2.44. The van der Waals surface area contributed by atoms with E-state index >= 15 is 0 Å². The van der Waals surface area contributed by atoms with Gasteiger partial charge in [0.05, 0.1) is 23.6 Å². The van der Waals surface area contributed by atoms with E-state index in [0.717, 1.165) is 23.2 Å². The molecule has 2 aromatic heterocycles. The molecule has 4 rings (SSSR count). The fourth-order valence-electron chi connectivity index (χ4n) is 3.86. The lowest BCUT2D eigenvalue weighted by Crippen LogP contribution is -2.49. The molecule has 2 aliphatic rings. The molecule has 1 fully saturated rings. The maximum Gasteiger partial charge on any atom is 0.227 e. The number of ether oxygens (including phenoxy) is 1. The molecule has 0 atom stereocenters. The summed E-state index contributed by atoms with van der Waals surface area (Å²) in [5.41, 5.74) is 8.20. The van der Waals surface area contributed by atoms with Gasteiger partial charge < -0.3 is 15.4 Å². The first-order chi connectivity index (χ1) is 13.0. The lowest BCUT2D eigenvalue weighted by molar-refractivity contribution is -0.140. The highest BCUT2D eigenvalue weighted by atomic mass is 32.1. The number of nitrogen functional groups attached to an aromatic ring is 1. The Morgan fingerprint density at radius 3 is 2.85 bits per heavy atom. The molecule has 2 aromatic rings. The SMILES string of the molecule is CC(=O)c1cc(CC(=O)N2CCC3(CC2)OCCc2cnc(N)nc23)cs1. The van der Waals surface area contributed by atoms with Crippen LogP contribution in [0.3, 0.4) is 0 Å². The summed E-state index contributed by atoms with van der Waals surface area (Å²) < 4.78 is 6.14. The molecular formula is C19H22N4O3S. The maximum atomic E-state index is 12.7. The Kier molecular flexibility index (Phi) is 4.69. The summed E-state index contributed by atoms with van der Waals surface area (Å²) in [5.74, 6) is 0.375. The molecule has 0 aliphatic carbocycles. The number of rotatable bonds is 3. The van der Waals surface area contributed by atoms with Crippen molar-refractivity contribution in [3.63, 3.8) is 0 Å². The van der Waals surface area contributed by atoms with Crippen LogP contribution in [-0.2, 0) is 28.0 Å². The number of nitrogens with two attached hydrogens (primary N) is 1. The van der Waals surface area contributed by atoms with E-state index < -0.39 is 5.60 Å². The molecule has 0 bridgehead atoms. The Labute approximate surface area is 161 Å². The van der Waals surface area contributed by atoms with Crippen LogP contribution < -0.4 is 5.73 Å². The average molecular weight is 386 g/mol. The molecule has 7 nitrogen and oxygen atoms in total. The number of thiophene rings is 1. The number of carbonyl (C=O) groups excluding carboxylic acids is 2. The predicted molar refractivity (Wildman–Crippen MR) is 102 cm³/mol. The van der Waals surface area contributed by atoms with Crippen LogP contribution in [-0.4, -0.2) is 46.3 Å². The molecule has 1 amide bonds. The zero-order chi connectivity index (χ0) is 19.0. The van der Waals surface area contributed by atoms with Crippen molar-refractivity contribution < 1.29 is 14.3 Å². The van der Waals surface area contributed by atoms with Crippen molar-refractivity contribution in [2.45, 2.75) is 38.2 Å². The Bertz CT molecular complexity index is 887. The molecule has 1 saturated heterocycles. The van der Waals surface area contributed by atoms with Gasteiger partial charge in [-0.2, -0.15) is 0 Å². The third-order valence-corrected chi connectivity index (χ3v) is 6.42.